The molecule has 2 heteroatoms. The Labute approximate surface area is 75.2 Å². The van der Waals surface area contributed by atoms with Crippen LogP contribution in [0.15, 0.2) is 12.7 Å². The summed E-state index contributed by atoms with van der Waals surface area (Å²) in [5.74, 6) is 1.48. The minimum atomic E-state index is 0.571. The first-order valence-corrected chi connectivity index (χ1v) is 4.74. The molecule has 0 heterocycles. The molecule has 0 N–H and O–H groups in total. The molecule has 1 unspecified atom stereocenters. The summed E-state index contributed by atoms with van der Waals surface area (Å²) < 4.78 is 5.39. The van der Waals surface area contributed by atoms with Crippen molar-refractivity contribution in [3.8, 4) is 0 Å². The van der Waals surface area contributed by atoms with Crippen LogP contribution in [0.3, 0.4) is 0 Å². The second kappa shape index (κ2) is 8.15. The number of hydrogen-bond acceptors (Lipinski definition) is 2. The van der Waals surface area contributed by atoms with Gasteiger partial charge in [-0.2, -0.15) is 12.6 Å². The van der Waals surface area contributed by atoms with Gasteiger partial charge in [0.2, 0.25) is 0 Å². The predicted molar refractivity (Wildman–Crippen MR) is 53.3 cm³/mol. The topological polar surface area (TPSA) is 9.23 Å². The molecule has 0 spiro atoms. The smallest absolute Gasteiger partial charge is 0.0499 e. The number of rotatable bonds is 7. The highest BCUT2D eigenvalue weighted by atomic mass is 32.1. The van der Waals surface area contributed by atoms with Gasteiger partial charge in [0.05, 0.1) is 0 Å². The second-order valence-electron chi connectivity index (χ2n) is 2.79. The molecule has 0 aromatic rings. The number of unbranched alkanes of at least 4 members (excludes halogenated alkanes) is 1. The Balaban J connectivity index is 2.95. The molecule has 0 aliphatic heterocycles. The Hall–Kier alpha value is 0.0500. The van der Waals surface area contributed by atoms with Crippen molar-refractivity contribution >= 4 is 12.6 Å². The van der Waals surface area contributed by atoms with Crippen LogP contribution in [-0.4, -0.2) is 19.0 Å². The average Bonchev–Trinajstić information content (AvgIpc) is 2.04. The maximum absolute atomic E-state index is 5.39. The largest absolute Gasteiger partial charge is 0.381 e. The van der Waals surface area contributed by atoms with E-state index in [1.54, 1.807) is 0 Å². The predicted octanol–water partition coefficient (Wildman–Crippen LogP) is 2.54. The summed E-state index contributed by atoms with van der Waals surface area (Å²) in [5.41, 5.74) is 0. The Morgan fingerprint density at radius 1 is 1.64 bits per heavy atom. The van der Waals surface area contributed by atoms with Crippen LogP contribution in [-0.2, 0) is 4.74 Å². The van der Waals surface area contributed by atoms with Crippen LogP contribution in [0.25, 0.3) is 0 Å². The Morgan fingerprint density at radius 3 is 2.91 bits per heavy atom. The molecule has 0 saturated carbocycles. The van der Waals surface area contributed by atoms with Crippen molar-refractivity contribution in [1.29, 1.82) is 0 Å². The average molecular weight is 174 g/mol. The molecule has 0 saturated heterocycles. The molecule has 0 aromatic heterocycles. The molecule has 0 bridgehead atoms. The van der Waals surface area contributed by atoms with Crippen LogP contribution < -0.4 is 0 Å². The van der Waals surface area contributed by atoms with Crippen molar-refractivity contribution in [2.75, 3.05) is 19.0 Å². The molecule has 0 fully saturated rings. The fourth-order valence-electron chi connectivity index (χ4n) is 0.667. The molecule has 0 aliphatic rings. The third-order valence-electron chi connectivity index (χ3n) is 1.41. The summed E-state index contributed by atoms with van der Waals surface area (Å²) in [6.07, 6.45) is 4.06. The fraction of sp³-hybridized carbons (Fsp3) is 0.778. The molecule has 1 nitrogen and oxygen atoms in total. The second-order valence-corrected chi connectivity index (χ2v) is 3.16. The quantitative estimate of drug-likeness (QED) is 0.354. The molecular weight excluding hydrogens is 156 g/mol. The van der Waals surface area contributed by atoms with E-state index in [0.717, 1.165) is 31.8 Å². The lowest BCUT2D eigenvalue weighted by Gasteiger charge is -2.07. The monoisotopic (exact) mass is 174 g/mol. The molecule has 0 aliphatic carbocycles. The van der Waals surface area contributed by atoms with E-state index in [-0.39, 0.29) is 0 Å². The first-order valence-electron chi connectivity index (χ1n) is 4.10. The van der Waals surface area contributed by atoms with Crippen LogP contribution >= 0.6 is 12.6 Å². The van der Waals surface area contributed by atoms with Crippen LogP contribution in [0, 0.1) is 5.92 Å². The van der Waals surface area contributed by atoms with Crippen molar-refractivity contribution in [3.63, 3.8) is 0 Å². The van der Waals surface area contributed by atoms with Crippen molar-refractivity contribution < 1.29 is 4.74 Å². The molecule has 1 atom stereocenters. The zero-order valence-electron chi connectivity index (χ0n) is 7.25. The van der Waals surface area contributed by atoms with Crippen LogP contribution in [0.4, 0.5) is 0 Å². The van der Waals surface area contributed by atoms with E-state index in [1.807, 2.05) is 6.08 Å². The molecule has 0 aromatic carbocycles. The van der Waals surface area contributed by atoms with Crippen LogP contribution in [0.1, 0.15) is 19.8 Å². The molecule has 0 amide bonds. The number of ether oxygens (including phenoxy) is 1. The summed E-state index contributed by atoms with van der Waals surface area (Å²) in [5, 5.41) is 0. The van der Waals surface area contributed by atoms with Gasteiger partial charge >= 0.3 is 0 Å². The van der Waals surface area contributed by atoms with Gasteiger partial charge in [0.15, 0.2) is 0 Å². The van der Waals surface area contributed by atoms with Gasteiger partial charge in [-0.25, -0.2) is 0 Å². The van der Waals surface area contributed by atoms with E-state index in [1.165, 1.54) is 0 Å². The van der Waals surface area contributed by atoms with Crippen LogP contribution in [0.2, 0.25) is 0 Å². The van der Waals surface area contributed by atoms with E-state index in [2.05, 4.69) is 26.1 Å². The number of thiol groups is 1. The summed E-state index contributed by atoms with van der Waals surface area (Å²) in [6.45, 7) is 7.47. The summed E-state index contributed by atoms with van der Waals surface area (Å²) >= 11 is 4.16. The van der Waals surface area contributed by atoms with Gasteiger partial charge in [0, 0.05) is 13.2 Å². The number of allylic oxidation sites excluding steroid dienone is 1. The first-order chi connectivity index (χ1) is 5.31. The molecule has 0 radical (unpaired) electrons. The highest BCUT2D eigenvalue weighted by Crippen LogP contribution is 1.99. The maximum atomic E-state index is 5.39. The SMILES string of the molecule is C=CCCCOCC(C)CS. The van der Waals surface area contributed by atoms with Crippen molar-refractivity contribution in [2.24, 2.45) is 5.92 Å². The van der Waals surface area contributed by atoms with Gasteiger partial charge in [0.25, 0.3) is 0 Å². The van der Waals surface area contributed by atoms with E-state index < -0.39 is 0 Å². The molecular formula is C9H18OS. The lowest BCUT2D eigenvalue weighted by Crippen LogP contribution is -2.07. The Kier molecular flexibility index (Phi) is 8.19. The third-order valence-corrected chi connectivity index (χ3v) is 2.03. The highest BCUT2D eigenvalue weighted by Gasteiger charge is 1.97. The van der Waals surface area contributed by atoms with Gasteiger partial charge in [-0.15, -0.1) is 6.58 Å². The summed E-state index contributed by atoms with van der Waals surface area (Å²) in [4.78, 5) is 0. The summed E-state index contributed by atoms with van der Waals surface area (Å²) in [6, 6.07) is 0. The van der Waals surface area contributed by atoms with Gasteiger partial charge in [-0.1, -0.05) is 13.0 Å². The van der Waals surface area contributed by atoms with E-state index in [4.69, 9.17) is 4.74 Å². The van der Waals surface area contributed by atoms with Crippen molar-refractivity contribution in [3.05, 3.63) is 12.7 Å². The fourth-order valence-corrected chi connectivity index (χ4v) is 0.772. The van der Waals surface area contributed by atoms with E-state index in [0.29, 0.717) is 5.92 Å². The zero-order chi connectivity index (χ0) is 8.53. The summed E-state index contributed by atoms with van der Waals surface area (Å²) in [7, 11) is 0. The van der Waals surface area contributed by atoms with Gasteiger partial charge < -0.3 is 4.74 Å². The van der Waals surface area contributed by atoms with Gasteiger partial charge in [0.1, 0.15) is 0 Å². The lowest BCUT2D eigenvalue weighted by molar-refractivity contribution is 0.110. The molecule has 0 rings (SSSR count). The number of hydrogen-bond donors (Lipinski definition) is 1. The standard InChI is InChI=1S/C9H18OS/c1-3-4-5-6-10-7-9(2)8-11/h3,9,11H,1,4-8H2,2H3. The van der Waals surface area contributed by atoms with E-state index >= 15 is 0 Å². The van der Waals surface area contributed by atoms with Gasteiger partial charge in [-0.05, 0) is 24.5 Å². The zero-order valence-corrected chi connectivity index (χ0v) is 8.15. The minimum Gasteiger partial charge on any atom is -0.381 e. The van der Waals surface area contributed by atoms with Gasteiger partial charge in [-0.3, -0.25) is 0 Å². The lowest BCUT2D eigenvalue weighted by atomic mass is 10.2. The Bertz CT molecular complexity index is 93.6. The maximum Gasteiger partial charge on any atom is 0.0499 e. The van der Waals surface area contributed by atoms with E-state index in [9.17, 15) is 0 Å². The first kappa shape index (κ1) is 11.1. The van der Waals surface area contributed by atoms with Crippen molar-refractivity contribution in [1.82, 2.24) is 0 Å². The Morgan fingerprint density at radius 2 is 2.36 bits per heavy atom. The molecule has 11 heavy (non-hydrogen) atoms. The van der Waals surface area contributed by atoms with Crippen molar-refractivity contribution in [2.45, 2.75) is 19.8 Å². The van der Waals surface area contributed by atoms with Crippen LogP contribution in [0.5, 0.6) is 0 Å². The highest BCUT2D eigenvalue weighted by molar-refractivity contribution is 7.80. The molecule has 66 valence electrons. The third kappa shape index (κ3) is 7.95. The minimum absolute atomic E-state index is 0.571. The normalized spacial score (nSPS) is 12.9.